The average Bonchev–Trinajstić information content (AvgIpc) is 1.97. The highest BCUT2D eigenvalue weighted by molar-refractivity contribution is 5.38. The van der Waals surface area contributed by atoms with E-state index in [0.717, 1.165) is 0 Å². The maximum Gasteiger partial charge on any atom is 0.0366 e. The Hall–Kier alpha value is -1.76. The molecule has 0 spiro atoms. The Labute approximate surface area is 57.1 Å². The van der Waals surface area contributed by atoms with Gasteiger partial charge in [0.25, 0.3) is 0 Å². The van der Waals surface area contributed by atoms with E-state index in [9.17, 15) is 0 Å². The minimum absolute atomic E-state index is 0.0667. The second-order valence-corrected chi connectivity index (χ2v) is 0.946. The van der Waals surface area contributed by atoms with Gasteiger partial charge in [-0.3, -0.25) is 0 Å². The minimum Gasteiger partial charge on any atom is -0.106 e. The highest BCUT2D eigenvalue weighted by Gasteiger charge is 1.50. The maximum absolute atomic E-state index is 6.61. The van der Waals surface area contributed by atoms with E-state index in [1.807, 2.05) is 0 Å². The van der Waals surface area contributed by atoms with Crippen molar-refractivity contribution < 1.29 is 1.37 Å². The zero-order valence-corrected chi connectivity index (χ0v) is 4.78. The van der Waals surface area contributed by atoms with Gasteiger partial charge in [0.15, 0.2) is 0 Å². The lowest BCUT2D eigenvalue weighted by Gasteiger charge is -1.52. The molecule has 0 heteroatoms. The molecule has 0 rings (SSSR count). The molecule has 0 aromatic heterocycles. The summed E-state index contributed by atoms with van der Waals surface area (Å²) in [7, 11) is 0. The molecule has 0 atom stereocenters. The number of rotatable bonds is 0. The summed E-state index contributed by atoms with van der Waals surface area (Å²) in [6, 6.07) is 0. The second kappa shape index (κ2) is 6.24. The third-order valence-electron chi connectivity index (χ3n) is 0.411. The first-order chi connectivity index (χ1) is 4.91. The van der Waals surface area contributed by atoms with Crippen molar-refractivity contribution in [1.82, 2.24) is 0 Å². The minimum atomic E-state index is 0.0667. The Bertz CT molecular complexity index is 298. The van der Waals surface area contributed by atoms with Crippen LogP contribution < -0.4 is 0 Å². The van der Waals surface area contributed by atoms with E-state index in [-0.39, 0.29) is 6.90 Å². The van der Waals surface area contributed by atoms with E-state index in [1.54, 1.807) is 0 Å². The van der Waals surface area contributed by atoms with Crippen molar-refractivity contribution in [3.8, 4) is 47.9 Å². The van der Waals surface area contributed by atoms with Crippen LogP contribution in [0.25, 0.3) is 0 Å². The molecule has 0 amide bonds. The van der Waals surface area contributed by atoms with Gasteiger partial charge in [-0.2, -0.15) is 0 Å². The quantitative estimate of drug-likeness (QED) is 0.404. The van der Waals surface area contributed by atoms with Gasteiger partial charge in [-0.25, -0.2) is 0 Å². The Morgan fingerprint density at radius 3 is 2.44 bits per heavy atom. The zero-order chi connectivity index (χ0) is 7.66. The molecular formula is C9H4. The summed E-state index contributed by atoms with van der Waals surface area (Å²) in [6.07, 6.45) is 4.81. The van der Waals surface area contributed by atoms with Gasteiger partial charge < -0.3 is 0 Å². The molecule has 0 fully saturated rings. The molecule has 0 unspecified atom stereocenters. The Balaban J connectivity index is 3.85. The molecule has 0 aromatic carbocycles. The third kappa shape index (κ3) is 6.24. The van der Waals surface area contributed by atoms with Crippen LogP contribution in [0, 0.1) is 47.9 Å². The van der Waals surface area contributed by atoms with Crippen LogP contribution in [0.2, 0.25) is 0 Å². The fourth-order valence-corrected chi connectivity index (χ4v) is 0.174. The van der Waals surface area contributed by atoms with Crippen LogP contribution in [-0.4, -0.2) is 0 Å². The molecule has 0 N–H and O–H groups in total. The molecule has 0 bridgehead atoms. The summed E-state index contributed by atoms with van der Waals surface area (Å²) < 4.78 is 6.61. The average molecular weight is 113 g/mol. The van der Waals surface area contributed by atoms with E-state index in [2.05, 4.69) is 41.4 Å². The van der Waals surface area contributed by atoms with Gasteiger partial charge in [0, 0.05) is 1.37 Å². The number of terminal acetylenes is 1. The molecule has 0 saturated carbocycles. The van der Waals surface area contributed by atoms with Crippen molar-refractivity contribution >= 4 is 0 Å². The van der Waals surface area contributed by atoms with E-state index in [0.29, 0.717) is 0 Å². The largest absolute Gasteiger partial charge is 0.106 e. The first kappa shape index (κ1) is 5.38. The lowest BCUT2D eigenvalue weighted by Crippen LogP contribution is -1.50. The Morgan fingerprint density at radius 2 is 1.78 bits per heavy atom. The third-order valence-corrected chi connectivity index (χ3v) is 0.411. The normalized spacial score (nSPS) is 5.00. The van der Waals surface area contributed by atoms with Gasteiger partial charge in [-0.1, -0.05) is 5.92 Å². The monoisotopic (exact) mass is 113 g/mol. The molecule has 0 nitrogen and oxygen atoms in total. The van der Waals surface area contributed by atoms with E-state index in [1.165, 1.54) is 0 Å². The van der Waals surface area contributed by atoms with Gasteiger partial charge in [0.2, 0.25) is 0 Å². The summed E-state index contributed by atoms with van der Waals surface area (Å²) in [5.41, 5.74) is 0. The molecule has 0 radical (unpaired) electrons. The number of hydrogen-bond acceptors (Lipinski definition) is 0. The van der Waals surface area contributed by atoms with E-state index in [4.69, 9.17) is 7.79 Å². The number of hydrogen-bond donors (Lipinski definition) is 0. The SMILES string of the molecule is [2H]CC#CC#CC#CC#C. The van der Waals surface area contributed by atoms with Crippen LogP contribution >= 0.6 is 0 Å². The van der Waals surface area contributed by atoms with Crippen LogP contribution in [0.3, 0.4) is 0 Å². The molecule has 9 heavy (non-hydrogen) atoms. The zero-order valence-electron chi connectivity index (χ0n) is 5.78. The summed E-state index contributed by atoms with van der Waals surface area (Å²) in [6.45, 7) is 0.0667. The summed E-state index contributed by atoms with van der Waals surface area (Å²) in [5.74, 6) is 16.5. The lowest BCUT2D eigenvalue weighted by atomic mass is 10.5. The Kier molecular flexibility index (Phi) is 3.73. The molecule has 0 aliphatic heterocycles. The van der Waals surface area contributed by atoms with Crippen LogP contribution in [0.15, 0.2) is 0 Å². The summed E-state index contributed by atoms with van der Waals surface area (Å²) >= 11 is 0. The maximum atomic E-state index is 6.61. The standard InChI is InChI=1S/C9H4/c1-3-5-7-9-8-6-4-2/h1H,2H3/i2D. The predicted molar refractivity (Wildman–Crippen MR) is 37.8 cm³/mol. The van der Waals surface area contributed by atoms with Crippen LogP contribution in [0.1, 0.15) is 8.27 Å². The summed E-state index contributed by atoms with van der Waals surface area (Å²) in [5, 5.41) is 0. The van der Waals surface area contributed by atoms with Gasteiger partial charge in [-0.15, -0.1) is 6.42 Å². The highest BCUT2D eigenvalue weighted by Crippen LogP contribution is 1.52. The van der Waals surface area contributed by atoms with Crippen molar-refractivity contribution in [2.75, 3.05) is 0 Å². The van der Waals surface area contributed by atoms with Crippen LogP contribution in [0.5, 0.6) is 0 Å². The highest BCUT2D eigenvalue weighted by atomic mass is 13.5. The van der Waals surface area contributed by atoms with Gasteiger partial charge >= 0.3 is 0 Å². The van der Waals surface area contributed by atoms with Crippen LogP contribution in [-0.2, 0) is 0 Å². The molecule has 0 aliphatic carbocycles. The second-order valence-electron chi connectivity index (χ2n) is 0.946. The van der Waals surface area contributed by atoms with Crippen molar-refractivity contribution in [1.29, 1.82) is 0 Å². The molecule has 0 heterocycles. The van der Waals surface area contributed by atoms with Crippen molar-refractivity contribution in [3.05, 3.63) is 0 Å². The molecule has 0 saturated heterocycles. The van der Waals surface area contributed by atoms with Gasteiger partial charge in [-0.05, 0) is 42.4 Å². The van der Waals surface area contributed by atoms with E-state index >= 15 is 0 Å². The van der Waals surface area contributed by atoms with Crippen molar-refractivity contribution in [2.45, 2.75) is 6.90 Å². The molecule has 40 valence electrons. The van der Waals surface area contributed by atoms with Gasteiger partial charge in [0.05, 0.1) is 0 Å². The fourth-order valence-electron chi connectivity index (χ4n) is 0.174. The van der Waals surface area contributed by atoms with Gasteiger partial charge in [0.1, 0.15) is 0 Å². The van der Waals surface area contributed by atoms with E-state index < -0.39 is 0 Å². The lowest BCUT2D eigenvalue weighted by molar-refractivity contribution is 1.92. The smallest absolute Gasteiger partial charge is 0.0366 e. The summed E-state index contributed by atoms with van der Waals surface area (Å²) in [4.78, 5) is 0. The molecule has 0 aromatic rings. The Morgan fingerprint density at radius 1 is 1.11 bits per heavy atom. The topological polar surface area (TPSA) is 0 Å². The predicted octanol–water partition coefficient (Wildman–Crippen LogP) is 0.650. The van der Waals surface area contributed by atoms with Crippen molar-refractivity contribution in [3.63, 3.8) is 0 Å². The first-order valence-electron chi connectivity index (χ1n) is 2.85. The molecule has 0 aliphatic rings. The fraction of sp³-hybridized carbons (Fsp3) is 0.111. The molecular weight excluding hydrogens is 108 g/mol. The van der Waals surface area contributed by atoms with Crippen LogP contribution in [0.4, 0.5) is 0 Å². The van der Waals surface area contributed by atoms with Crippen molar-refractivity contribution in [2.24, 2.45) is 0 Å². The first-order valence-corrected chi connectivity index (χ1v) is 2.14.